The number of benzene rings is 2. The average molecular weight is 377 g/mol. The van der Waals surface area contributed by atoms with Crippen molar-refractivity contribution in [3.63, 3.8) is 0 Å². The van der Waals surface area contributed by atoms with Crippen LogP contribution in [0, 0.1) is 13.8 Å². The molecule has 6 heteroatoms. The summed E-state index contributed by atoms with van der Waals surface area (Å²) < 4.78 is 10.5. The van der Waals surface area contributed by atoms with E-state index in [4.69, 9.17) is 9.47 Å². The smallest absolute Gasteiger partial charge is 0.257 e. The number of pyridine rings is 1. The van der Waals surface area contributed by atoms with Gasteiger partial charge >= 0.3 is 0 Å². The molecule has 1 amide bonds. The summed E-state index contributed by atoms with van der Waals surface area (Å²) in [5.41, 5.74) is 5.16. The number of aryl methyl sites for hydroxylation is 2. The predicted molar refractivity (Wildman–Crippen MR) is 111 cm³/mol. The van der Waals surface area contributed by atoms with E-state index in [1.54, 1.807) is 44.7 Å². The van der Waals surface area contributed by atoms with Crippen LogP contribution in [0.15, 0.2) is 54.9 Å². The summed E-state index contributed by atoms with van der Waals surface area (Å²) in [4.78, 5) is 16.8. The van der Waals surface area contributed by atoms with Gasteiger partial charge in [-0.05, 0) is 55.3 Å². The fraction of sp³-hybridized carbons (Fsp3) is 0.182. The highest BCUT2D eigenvalue weighted by atomic mass is 16.5. The summed E-state index contributed by atoms with van der Waals surface area (Å²) in [7, 11) is 3.12. The number of methoxy groups -OCH3 is 2. The molecule has 0 radical (unpaired) electrons. The van der Waals surface area contributed by atoms with E-state index in [0.29, 0.717) is 22.7 Å². The Kier molecular flexibility index (Phi) is 5.79. The number of ether oxygens (including phenoxy) is 2. The van der Waals surface area contributed by atoms with Gasteiger partial charge in [-0.2, -0.15) is 0 Å². The number of nitrogens with zero attached hydrogens (tertiary/aromatic N) is 1. The van der Waals surface area contributed by atoms with Crippen molar-refractivity contribution in [2.75, 3.05) is 24.9 Å². The van der Waals surface area contributed by atoms with E-state index >= 15 is 0 Å². The van der Waals surface area contributed by atoms with Gasteiger partial charge in [0.15, 0.2) is 11.5 Å². The van der Waals surface area contributed by atoms with Crippen molar-refractivity contribution in [1.29, 1.82) is 0 Å². The van der Waals surface area contributed by atoms with Crippen molar-refractivity contribution in [2.45, 2.75) is 13.8 Å². The number of carbonyl (C=O) groups is 1. The maximum absolute atomic E-state index is 12.6. The Morgan fingerprint density at radius 1 is 0.821 bits per heavy atom. The Balaban J connectivity index is 1.76. The lowest BCUT2D eigenvalue weighted by Crippen LogP contribution is -2.12. The van der Waals surface area contributed by atoms with Crippen molar-refractivity contribution >= 4 is 23.0 Å². The van der Waals surface area contributed by atoms with Gasteiger partial charge in [0.2, 0.25) is 0 Å². The minimum atomic E-state index is -0.261. The third kappa shape index (κ3) is 4.40. The molecule has 2 aromatic carbocycles. The lowest BCUT2D eigenvalue weighted by atomic mass is 10.1. The molecule has 0 unspecified atom stereocenters. The molecule has 0 saturated heterocycles. The van der Waals surface area contributed by atoms with Crippen LogP contribution < -0.4 is 20.1 Å². The second kappa shape index (κ2) is 8.43. The molecule has 0 aliphatic rings. The molecule has 0 aliphatic heterocycles. The number of hydrogen-bond donors (Lipinski definition) is 2. The van der Waals surface area contributed by atoms with Crippen LogP contribution in [0.3, 0.4) is 0 Å². The van der Waals surface area contributed by atoms with Gasteiger partial charge in [-0.25, -0.2) is 0 Å². The van der Waals surface area contributed by atoms with Crippen molar-refractivity contribution in [1.82, 2.24) is 4.98 Å². The normalized spacial score (nSPS) is 10.3. The molecule has 28 heavy (non-hydrogen) atoms. The Hall–Kier alpha value is -3.54. The van der Waals surface area contributed by atoms with Crippen LogP contribution in [0.5, 0.6) is 11.5 Å². The van der Waals surface area contributed by atoms with E-state index in [9.17, 15) is 4.79 Å². The van der Waals surface area contributed by atoms with E-state index in [-0.39, 0.29) is 5.91 Å². The minimum absolute atomic E-state index is 0.261. The van der Waals surface area contributed by atoms with E-state index in [2.05, 4.69) is 41.6 Å². The molecule has 0 bridgehead atoms. The molecular formula is C22H23N3O3. The molecule has 0 fully saturated rings. The third-order valence-corrected chi connectivity index (χ3v) is 4.44. The quantitative estimate of drug-likeness (QED) is 0.651. The van der Waals surface area contributed by atoms with E-state index in [1.807, 2.05) is 6.07 Å². The Labute approximate surface area is 164 Å². The third-order valence-electron chi connectivity index (χ3n) is 4.44. The van der Waals surface area contributed by atoms with Gasteiger partial charge in [-0.15, -0.1) is 0 Å². The number of aromatic nitrogens is 1. The Morgan fingerprint density at radius 3 is 2.29 bits per heavy atom. The highest BCUT2D eigenvalue weighted by Gasteiger charge is 2.10. The van der Waals surface area contributed by atoms with Crippen molar-refractivity contribution in [3.05, 3.63) is 71.5 Å². The first-order valence-electron chi connectivity index (χ1n) is 8.83. The van der Waals surface area contributed by atoms with Crippen molar-refractivity contribution in [2.24, 2.45) is 0 Å². The second-order valence-electron chi connectivity index (χ2n) is 6.41. The zero-order chi connectivity index (χ0) is 20.1. The fourth-order valence-electron chi connectivity index (χ4n) is 2.74. The average Bonchev–Trinajstić information content (AvgIpc) is 2.71. The number of amides is 1. The monoisotopic (exact) mass is 377 g/mol. The molecule has 3 rings (SSSR count). The molecule has 144 valence electrons. The van der Waals surface area contributed by atoms with Crippen molar-refractivity contribution < 1.29 is 14.3 Å². The number of anilines is 3. The van der Waals surface area contributed by atoms with Crippen LogP contribution >= 0.6 is 0 Å². The molecule has 2 N–H and O–H groups in total. The first kappa shape index (κ1) is 19.2. The Morgan fingerprint density at radius 2 is 1.57 bits per heavy atom. The highest BCUT2D eigenvalue weighted by Crippen LogP contribution is 2.30. The molecule has 0 spiro atoms. The van der Waals surface area contributed by atoms with Gasteiger partial charge in [0.1, 0.15) is 0 Å². The highest BCUT2D eigenvalue weighted by molar-refractivity contribution is 6.04. The molecular weight excluding hydrogens is 354 g/mol. The van der Waals surface area contributed by atoms with Gasteiger partial charge < -0.3 is 20.1 Å². The van der Waals surface area contributed by atoms with Crippen LogP contribution in [-0.2, 0) is 0 Å². The second-order valence-corrected chi connectivity index (χ2v) is 6.41. The number of rotatable bonds is 6. The van der Waals surface area contributed by atoms with Gasteiger partial charge in [0.25, 0.3) is 5.91 Å². The molecule has 3 aromatic rings. The summed E-state index contributed by atoms with van der Waals surface area (Å²) >= 11 is 0. The lowest BCUT2D eigenvalue weighted by Gasteiger charge is -2.12. The number of carbonyl (C=O) groups excluding carboxylic acids is 1. The number of hydrogen-bond acceptors (Lipinski definition) is 5. The topological polar surface area (TPSA) is 72.5 Å². The zero-order valence-electron chi connectivity index (χ0n) is 16.4. The summed E-state index contributed by atoms with van der Waals surface area (Å²) in [6.07, 6.45) is 3.21. The van der Waals surface area contributed by atoms with E-state index in [1.165, 1.54) is 17.3 Å². The maximum Gasteiger partial charge on any atom is 0.257 e. The molecule has 1 heterocycles. The van der Waals surface area contributed by atoms with Crippen molar-refractivity contribution in [3.8, 4) is 11.5 Å². The summed E-state index contributed by atoms with van der Waals surface area (Å²) in [6, 6.07) is 13.1. The maximum atomic E-state index is 12.6. The molecule has 0 aliphatic carbocycles. The van der Waals surface area contributed by atoms with Gasteiger partial charge in [-0.1, -0.05) is 6.07 Å². The lowest BCUT2D eigenvalue weighted by molar-refractivity contribution is 0.102. The summed E-state index contributed by atoms with van der Waals surface area (Å²) in [6.45, 7) is 4.13. The minimum Gasteiger partial charge on any atom is -0.493 e. The largest absolute Gasteiger partial charge is 0.493 e. The Bertz CT molecular complexity index is 1000. The fourth-order valence-corrected chi connectivity index (χ4v) is 2.74. The van der Waals surface area contributed by atoms with Crippen LogP contribution in [0.4, 0.5) is 17.1 Å². The van der Waals surface area contributed by atoms with Gasteiger partial charge in [-0.3, -0.25) is 9.78 Å². The molecule has 6 nitrogen and oxygen atoms in total. The molecule has 0 saturated carbocycles. The van der Waals surface area contributed by atoms with Gasteiger partial charge in [0.05, 0.1) is 31.7 Å². The number of nitrogens with one attached hydrogen (secondary N) is 2. The van der Waals surface area contributed by atoms with Crippen LogP contribution in [0.1, 0.15) is 21.5 Å². The SMILES string of the molecule is COc1ccc(NC(=O)c2cncc(Nc3ccc(C)c(C)c3)c2)cc1OC. The first-order chi connectivity index (χ1) is 13.5. The summed E-state index contributed by atoms with van der Waals surface area (Å²) in [5, 5.41) is 6.14. The van der Waals surface area contributed by atoms with Crippen LogP contribution in [0.2, 0.25) is 0 Å². The van der Waals surface area contributed by atoms with E-state index in [0.717, 1.165) is 11.4 Å². The predicted octanol–water partition coefficient (Wildman–Crippen LogP) is 4.71. The van der Waals surface area contributed by atoms with Gasteiger partial charge in [0, 0.05) is 23.6 Å². The summed E-state index contributed by atoms with van der Waals surface area (Å²) in [5.74, 6) is 0.883. The van der Waals surface area contributed by atoms with Crippen LogP contribution in [-0.4, -0.2) is 25.1 Å². The first-order valence-corrected chi connectivity index (χ1v) is 8.83. The standard InChI is InChI=1S/C22H23N3O3/c1-14-5-6-17(9-15(14)2)24-19-10-16(12-23-13-19)22(26)25-18-7-8-20(27-3)21(11-18)28-4/h5-13,24H,1-4H3,(H,25,26). The zero-order valence-corrected chi connectivity index (χ0v) is 16.4. The van der Waals surface area contributed by atoms with E-state index < -0.39 is 0 Å². The molecule has 0 atom stereocenters. The van der Waals surface area contributed by atoms with Crippen LogP contribution in [0.25, 0.3) is 0 Å². The molecule has 1 aromatic heterocycles.